The second-order valence-corrected chi connectivity index (χ2v) is 8.70. The van der Waals surface area contributed by atoms with Crippen molar-refractivity contribution >= 4 is 15.9 Å². The molecule has 1 heterocycles. The van der Waals surface area contributed by atoms with Crippen molar-refractivity contribution in [1.29, 1.82) is 0 Å². The van der Waals surface area contributed by atoms with Crippen LogP contribution in [-0.2, 0) is 14.8 Å². The van der Waals surface area contributed by atoms with E-state index in [0.717, 1.165) is 12.8 Å². The molecule has 1 aliphatic heterocycles. The summed E-state index contributed by atoms with van der Waals surface area (Å²) in [5.41, 5.74) is 0.464. The molecule has 6 nitrogen and oxygen atoms in total. The van der Waals surface area contributed by atoms with Gasteiger partial charge in [-0.2, -0.15) is 4.31 Å². The van der Waals surface area contributed by atoms with Crippen molar-refractivity contribution in [3.8, 4) is 0 Å². The summed E-state index contributed by atoms with van der Waals surface area (Å²) in [7, 11) is -3.58. The Labute approximate surface area is 150 Å². The topological polar surface area (TPSA) is 75.7 Å². The van der Waals surface area contributed by atoms with Crippen molar-refractivity contribution in [2.45, 2.75) is 63.7 Å². The maximum Gasteiger partial charge on any atom is 0.251 e. The van der Waals surface area contributed by atoms with Crippen LogP contribution in [-0.4, -0.2) is 50.0 Å². The van der Waals surface area contributed by atoms with Crippen molar-refractivity contribution in [3.05, 3.63) is 29.8 Å². The lowest BCUT2D eigenvalue weighted by molar-refractivity contribution is -0.0440. The van der Waals surface area contributed by atoms with Gasteiger partial charge in [0.25, 0.3) is 5.91 Å². The molecule has 1 saturated heterocycles. The first-order valence-electron chi connectivity index (χ1n) is 8.80. The number of nitrogens with one attached hydrogen (secondary N) is 1. The zero-order chi connectivity index (χ0) is 18.6. The summed E-state index contributed by atoms with van der Waals surface area (Å²) < 4.78 is 32.6. The minimum absolute atomic E-state index is 0.0947. The van der Waals surface area contributed by atoms with E-state index in [0.29, 0.717) is 18.7 Å². The number of nitrogens with zero attached hydrogens (tertiary/aromatic N) is 1. The molecule has 0 aromatic heterocycles. The van der Waals surface area contributed by atoms with E-state index in [2.05, 4.69) is 12.2 Å². The maximum absolute atomic E-state index is 12.8. The van der Waals surface area contributed by atoms with Gasteiger partial charge in [-0.05, 0) is 51.5 Å². The predicted octanol–water partition coefficient (Wildman–Crippen LogP) is 2.40. The van der Waals surface area contributed by atoms with Crippen LogP contribution >= 0.6 is 0 Å². The first-order chi connectivity index (χ1) is 11.7. The van der Waals surface area contributed by atoms with Gasteiger partial charge in [-0.15, -0.1) is 0 Å². The summed E-state index contributed by atoms with van der Waals surface area (Å²) in [6.45, 7) is 8.43. The van der Waals surface area contributed by atoms with Gasteiger partial charge < -0.3 is 10.1 Å². The molecule has 0 radical (unpaired) electrons. The van der Waals surface area contributed by atoms with E-state index in [1.165, 1.54) is 16.4 Å². The smallest absolute Gasteiger partial charge is 0.251 e. The van der Waals surface area contributed by atoms with E-state index in [4.69, 9.17) is 4.74 Å². The molecule has 1 aliphatic rings. The molecular formula is C18H28N2O4S. The monoisotopic (exact) mass is 368 g/mol. The Hall–Kier alpha value is -1.44. The summed E-state index contributed by atoms with van der Waals surface area (Å²) in [5, 5.41) is 2.91. The van der Waals surface area contributed by atoms with Crippen molar-refractivity contribution in [3.63, 3.8) is 0 Å². The van der Waals surface area contributed by atoms with E-state index in [9.17, 15) is 13.2 Å². The first kappa shape index (κ1) is 19.9. The van der Waals surface area contributed by atoms with Crippen LogP contribution < -0.4 is 5.32 Å². The molecule has 0 spiro atoms. The summed E-state index contributed by atoms with van der Waals surface area (Å²) in [5.74, 6) is -0.182. The Balaban J connectivity index is 2.11. The van der Waals surface area contributed by atoms with Gasteiger partial charge in [0.2, 0.25) is 10.0 Å². The molecule has 0 aliphatic carbocycles. The highest BCUT2D eigenvalue weighted by molar-refractivity contribution is 7.89. The fourth-order valence-electron chi connectivity index (χ4n) is 3.07. The number of amides is 1. The van der Waals surface area contributed by atoms with Crippen LogP contribution in [0, 0.1) is 0 Å². The van der Waals surface area contributed by atoms with Crippen LogP contribution in [0.2, 0.25) is 0 Å². The van der Waals surface area contributed by atoms with Crippen LogP contribution in [0.4, 0.5) is 0 Å². The third-order valence-electron chi connectivity index (χ3n) is 4.24. The number of benzene rings is 1. The first-order valence-corrected chi connectivity index (χ1v) is 10.2. The van der Waals surface area contributed by atoms with Crippen molar-refractivity contribution in [1.82, 2.24) is 9.62 Å². The van der Waals surface area contributed by atoms with Gasteiger partial charge in [0.15, 0.2) is 0 Å². The van der Waals surface area contributed by atoms with E-state index < -0.39 is 10.0 Å². The largest absolute Gasteiger partial charge is 0.373 e. The predicted molar refractivity (Wildman–Crippen MR) is 97.0 cm³/mol. The summed E-state index contributed by atoms with van der Waals surface area (Å²) in [6.07, 6.45) is 1.63. The molecule has 1 aromatic carbocycles. The zero-order valence-electron chi connectivity index (χ0n) is 15.4. The molecule has 2 rings (SSSR count). The molecule has 0 unspecified atom stereocenters. The third kappa shape index (κ3) is 5.03. The Morgan fingerprint density at radius 3 is 2.32 bits per heavy atom. The number of rotatable bonds is 6. The Morgan fingerprint density at radius 1 is 1.24 bits per heavy atom. The molecule has 0 bridgehead atoms. The van der Waals surface area contributed by atoms with Crippen LogP contribution in [0.1, 0.15) is 50.9 Å². The second-order valence-electron chi connectivity index (χ2n) is 6.77. The molecule has 0 saturated carbocycles. The lowest BCUT2D eigenvalue weighted by Crippen LogP contribution is -2.48. The van der Waals surface area contributed by atoms with Gasteiger partial charge in [0.05, 0.1) is 17.1 Å². The molecule has 1 aromatic rings. The Kier molecular flexibility index (Phi) is 6.59. The lowest BCUT2D eigenvalue weighted by Gasteiger charge is -2.34. The Morgan fingerprint density at radius 2 is 1.80 bits per heavy atom. The van der Waals surface area contributed by atoms with E-state index >= 15 is 0 Å². The highest BCUT2D eigenvalue weighted by Crippen LogP contribution is 2.21. The average molecular weight is 368 g/mol. The number of hydrogen-bond donors (Lipinski definition) is 1. The molecule has 7 heteroatoms. The fraction of sp³-hybridized carbons (Fsp3) is 0.611. The number of ether oxygens (including phenoxy) is 1. The molecule has 25 heavy (non-hydrogen) atoms. The number of carbonyl (C=O) groups is 1. The second kappa shape index (κ2) is 8.29. The quantitative estimate of drug-likeness (QED) is 0.837. The van der Waals surface area contributed by atoms with Crippen LogP contribution in [0.3, 0.4) is 0 Å². The Bertz CT molecular complexity index is 678. The van der Waals surface area contributed by atoms with Crippen molar-refractivity contribution in [2.24, 2.45) is 0 Å². The summed E-state index contributed by atoms with van der Waals surface area (Å²) >= 11 is 0. The SMILES string of the molecule is CCC[C@H](C)NC(=O)c1ccc(S(=O)(=O)N2C[C@@H](C)O[C@H](C)C2)cc1. The fourth-order valence-corrected chi connectivity index (χ4v) is 4.66. The minimum Gasteiger partial charge on any atom is -0.373 e. The number of hydrogen-bond acceptors (Lipinski definition) is 4. The van der Waals surface area contributed by atoms with Gasteiger partial charge >= 0.3 is 0 Å². The summed E-state index contributed by atoms with van der Waals surface area (Å²) in [6, 6.07) is 6.22. The van der Waals surface area contributed by atoms with Crippen molar-refractivity contribution < 1.29 is 17.9 Å². The normalized spacial score (nSPS) is 23.2. The van der Waals surface area contributed by atoms with Gasteiger partial charge in [0, 0.05) is 24.7 Å². The molecule has 3 atom stereocenters. The van der Waals surface area contributed by atoms with Crippen LogP contribution in [0.5, 0.6) is 0 Å². The van der Waals surface area contributed by atoms with Gasteiger partial charge in [-0.3, -0.25) is 4.79 Å². The van der Waals surface area contributed by atoms with Gasteiger partial charge in [0.1, 0.15) is 0 Å². The number of carbonyl (C=O) groups excluding carboxylic acids is 1. The molecule has 140 valence electrons. The van der Waals surface area contributed by atoms with E-state index in [-0.39, 0.29) is 29.1 Å². The highest BCUT2D eigenvalue weighted by atomic mass is 32.2. The minimum atomic E-state index is -3.58. The van der Waals surface area contributed by atoms with Crippen LogP contribution in [0.15, 0.2) is 29.2 Å². The molecule has 1 fully saturated rings. The number of sulfonamides is 1. The van der Waals surface area contributed by atoms with E-state index in [1.54, 1.807) is 12.1 Å². The van der Waals surface area contributed by atoms with Crippen LogP contribution in [0.25, 0.3) is 0 Å². The third-order valence-corrected chi connectivity index (χ3v) is 6.09. The zero-order valence-corrected chi connectivity index (χ0v) is 16.2. The molecule has 1 N–H and O–H groups in total. The standard InChI is InChI=1S/C18H28N2O4S/c1-5-6-13(2)19-18(21)16-7-9-17(10-8-16)25(22,23)20-11-14(3)24-15(4)12-20/h7-10,13-15H,5-6,11-12H2,1-4H3,(H,19,21)/t13-,14+,15+/m0/s1. The number of morpholine rings is 1. The van der Waals surface area contributed by atoms with E-state index in [1.807, 2.05) is 20.8 Å². The van der Waals surface area contributed by atoms with Crippen molar-refractivity contribution in [2.75, 3.05) is 13.1 Å². The highest BCUT2D eigenvalue weighted by Gasteiger charge is 2.32. The van der Waals surface area contributed by atoms with Gasteiger partial charge in [-0.1, -0.05) is 13.3 Å². The maximum atomic E-state index is 12.8. The molecular weight excluding hydrogens is 340 g/mol. The summed E-state index contributed by atoms with van der Waals surface area (Å²) in [4.78, 5) is 12.4. The average Bonchev–Trinajstić information content (AvgIpc) is 2.54. The molecule has 1 amide bonds. The van der Waals surface area contributed by atoms with Gasteiger partial charge in [-0.25, -0.2) is 8.42 Å². The lowest BCUT2D eigenvalue weighted by atomic mass is 10.1.